The number of hydrogen-bond donors (Lipinski definition) is 3. The Kier molecular flexibility index (Phi) is 4.86. The van der Waals surface area contributed by atoms with Gasteiger partial charge in [-0.15, -0.1) is 11.3 Å². The van der Waals surface area contributed by atoms with Crippen LogP contribution in [-0.4, -0.2) is 48.8 Å². The van der Waals surface area contributed by atoms with Gasteiger partial charge in [-0.3, -0.25) is 14.8 Å². The van der Waals surface area contributed by atoms with Gasteiger partial charge in [-0.2, -0.15) is 5.10 Å². The van der Waals surface area contributed by atoms with E-state index in [0.29, 0.717) is 5.82 Å². The number of nitrogens with one attached hydrogen (secondary N) is 2. The molecule has 0 saturated heterocycles. The summed E-state index contributed by atoms with van der Waals surface area (Å²) in [6.07, 6.45) is 3.85. The number of carboxylic acid groups (broad SMARTS) is 1. The van der Waals surface area contributed by atoms with E-state index in [1.807, 2.05) is 25.3 Å². The largest absolute Gasteiger partial charge is 0.465 e. The van der Waals surface area contributed by atoms with Crippen molar-refractivity contribution in [2.24, 2.45) is 0 Å². The number of rotatable bonds is 6. The molecule has 2 aromatic rings. The zero-order valence-electron chi connectivity index (χ0n) is 16.1. The summed E-state index contributed by atoms with van der Waals surface area (Å²) in [5.74, 6) is 0.583. The molecule has 150 valence electrons. The number of carbonyl (C=O) groups is 2. The first-order valence-electron chi connectivity index (χ1n) is 9.62. The van der Waals surface area contributed by atoms with Gasteiger partial charge in [0.05, 0.1) is 17.1 Å². The fourth-order valence-electron chi connectivity index (χ4n) is 4.18. The Hall–Kier alpha value is -2.42. The highest BCUT2D eigenvalue weighted by atomic mass is 32.1. The number of hydrogen-bond acceptors (Lipinski definition) is 5. The molecule has 0 aromatic carbocycles. The number of H-pyrrole nitrogens is 1. The van der Waals surface area contributed by atoms with Gasteiger partial charge in [-0.05, 0) is 46.0 Å². The van der Waals surface area contributed by atoms with Crippen molar-refractivity contribution in [2.45, 2.75) is 69.9 Å². The first-order valence-corrected chi connectivity index (χ1v) is 10.5. The average Bonchev–Trinajstić information content (AvgIpc) is 3.03. The Morgan fingerprint density at radius 2 is 2.21 bits per heavy atom. The van der Waals surface area contributed by atoms with Crippen molar-refractivity contribution < 1.29 is 14.7 Å². The molecule has 2 amide bonds. The van der Waals surface area contributed by atoms with E-state index in [1.165, 1.54) is 11.3 Å². The summed E-state index contributed by atoms with van der Waals surface area (Å²) in [6.45, 7) is 3.94. The lowest BCUT2D eigenvalue weighted by molar-refractivity contribution is -0.115. The number of aromatic amines is 1. The Labute approximate surface area is 167 Å². The maximum absolute atomic E-state index is 12.2. The zero-order valence-corrected chi connectivity index (χ0v) is 16.9. The third-order valence-electron chi connectivity index (χ3n) is 5.84. The van der Waals surface area contributed by atoms with E-state index in [9.17, 15) is 14.7 Å². The van der Waals surface area contributed by atoms with Gasteiger partial charge >= 0.3 is 6.09 Å². The Balaban J connectivity index is 1.35. The van der Waals surface area contributed by atoms with Crippen LogP contribution in [0.4, 0.5) is 10.6 Å². The molecule has 0 aliphatic heterocycles. The molecule has 2 heterocycles. The van der Waals surface area contributed by atoms with E-state index in [0.717, 1.165) is 48.5 Å². The fraction of sp³-hybridized carbons (Fsp3) is 0.579. The average molecular weight is 404 g/mol. The summed E-state index contributed by atoms with van der Waals surface area (Å²) < 4.78 is 0. The lowest BCUT2D eigenvalue weighted by Gasteiger charge is -2.32. The normalized spacial score (nSPS) is 22.8. The van der Waals surface area contributed by atoms with Crippen LogP contribution in [-0.2, 0) is 11.2 Å². The molecule has 2 aromatic heterocycles. The predicted molar refractivity (Wildman–Crippen MR) is 106 cm³/mol. The van der Waals surface area contributed by atoms with Crippen LogP contribution in [0.3, 0.4) is 0 Å². The van der Waals surface area contributed by atoms with Crippen molar-refractivity contribution >= 4 is 29.2 Å². The standard InChI is InChI=1S/C19H25N5O3S/c1-11-20-13(10-28-11)8-17(25)21-16-9-15(22-23-16)12-3-4-14(7-12)24(18(26)27)19(2)5-6-19/h9-10,12,14H,3-8H2,1-2H3,(H,26,27)(H2,21,22,23,25). The number of thiazole rings is 1. The van der Waals surface area contributed by atoms with Crippen LogP contribution in [0, 0.1) is 6.92 Å². The minimum Gasteiger partial charge on any atom is -0.465 e. The topological polar surface area (TPSA) is 111 Å². The van der Waals surface area contributed by atoms with E-state index >= 15 is 0 Å². The summed E-state index contributed by atoms with van der Waals surface area (Å²) in [5.41, 5.74) is 1.53. The molecule has 2 saturated carbocycles. The predicted octanol–water partition coefficient (Wildman–Crippen LogP) is 3.52. The maximum atomic E-state index is 12.2. The van der Waals surface area contributed by atoms with Crippen molar-refractivity contribution in [1.29, 1.82) is 0 Å². The molecule has 9 heteroatoms. The van der Waals surface area contributed by atoms with Crippen LogP contribution in [0.2, 0.25) is 0 Å². The molecular formula is C19H25N5O3S. The van der Waals surface area contributed by atoms with E-state index in [-0.39, 0.29) is 29.8 Å². The second kappa shape index (κ2) is 7.20. The quantitative estimate of drug-likeness (QED) is 0.683. The van der Waals surface area contributed by atoms with E-state index in [4.69, 9.17) is 0 Å². The number of aromatic nitrogens is 3. The zero-order chi connectivity index (χ0) is 19.9. The van der Waals surface area contributed by atoms with Crippen molar-refractivity contribution in [3.63, 3.8) is 0 Å². The molecule has 2 aliphatic rings. The van der Waals surface area contributed by atoms with E-state index in [1.54, 1.807) is 4.90 Å². The molecule has 0 spiro atoms. The van der Waals surface area contributed by atoms with Gasteiger partial charge in [0.1, 0.15) is 0 Å². The molecule has 0 bridgehead atoms. The summed E-state index contributed by atoms with van der Waals surface area (Å²) in [5, 5.41) is 22.5. The van der Waals surface area contributed by atoms with Crippen LogP contribution in [0.1, 0.15) is 61.3 Å². The highest BCUT2D eigenvalue weighted by Crippen LogP contribution is 2.47. The first kappa shape index (κ1) is 18.9. The minimum absolute atomic E-state index is 0.0456. The van der Waals surface area contributed by atoms with Gasteiger partial charge in [0.2, 0.25) is 5.91 Å². The molecular weight excluding hydrogens is 378 g/mol. The smallest absolute Gasteiger partial charge is 0.408 e. The van der Waals surface area contributed by atoms with Gasteiger partial charge in [-0.1, -0.05) is 0 Å². The van der Waals surface area contributed by atoms with Gasteiger partial charge < -0.3 is 10.4 Å². The Morgan fingerprint density at radius 1 is 1.43 bits per heavy atom. The lowest BCUT2D eigenvalue weighted by Crippen LogP contribution is -2.45. The summed E-state index contributed by atoms with van der Waals surface area (Å²) >= 11 is 1.53. The van der Waals surface area contributed by atoms with Crippen LogP contribution < -0.4 is 5.32 Å². The highest BCUT2D eigenvalue weighted by molar-refractivity contribution is 7.09. The maximum Gasteiger partial charge on any atom is 0.408 e. The van der Waals surface area contributed by atoms with Crippen molar-refractivity contribution in [1.82, 2.24) is 20.1 Å². The molecule has 2 aliphatic carbocycles. The molecule has 8 nitrogen and oxygen atoms in total. The molecule has 2 unspecified atom stereocenters. The van der Waals surface area contributed by atoms with E-state index in [2.05, 4.69) is 20.5 Å². The molecule has 2 fully saturated rings. The molecule has 28 heavy (non-hydrogen) atoms. The van der Waals surface area contributed by atoms with Crippen molar-refractivity contribution in [3.8, 4) is 0 Å². The molecule has 4 rings (SSSR count). The number of nitrogens with zero attached hydrogens (tertiary/aromatic N) is 3. The van der Waals surface area contributed by atoms with Crippen LogP contribution in [0.5, 0.6) is 0 Å². The van der Waals surface area contributed by atoms with Gasteiger partial charge in [0.25, 0.3) is 0 Å². The first-order chi connectivity index (χ1) is 13.3. The van der Waals surface area contributed by atoms with Crippen LogP contribution >= 0.6 is 11.3 Å². The third kappa shape index (κ3) is 3.89. The number of carbonyl (C=O) groups excluding carboxylic acids is 1. The minimum atomic E-state index is -0.819. The molecule has 0 radical (unpaired) electrons. The SMILES string of the molecule is Cc1nc(CC(=O)Nc2cc(C3CCC(N(C(=O)O)C4(C)CC4)C3)[nH]n2)cs1. The number of aryl methyl sites for hydroxylation is 1. The summed E-state index contributed by atoms with van der Waals surface area (Å²) in [7, 11) is 0. The molecule has 3 N–H and O–H groups in total. The van der Waals surface area contributed by atoms with Gasteiger partial charge in [-0.25, -0.2) is 9.78 Å². The molecule has 2 atom stereocenters. The van der Waals surface area contributed by atoms with E-state index < -0.39 is 6.09 Å². The second-order valence-corrected chi connectivity index (χ2v) is 9.17. The van der Waals surface area contributed by atoms with Crippen molar-refractivity contribution in [3.05, 3.63) is 27.8 Å². The summed E-state index contributed by atoms with van der Waals surface area (Å²) in [4.78, 5) is 29.9. The van der Waals surface area contributed by atoms with Gasteiger partial charge in [0, 0.05) is 34.6 Å². The highest BCUT2D eigenvalue weighted by Gasteiger charge is 2.50. The van der Waals surface area contributed by atoms with Gasteiger partial charge in [0.15, 0.2) is 5.82 Å². The summed E-state index contributed by atoms with van der Waals surface area (Å²) in [6, 6.07) is 1.91. The lowest BCUT2D eigenvalue weighted by atomic mass is 10.0. The fourth-order valence-corrected chi connectivity index (χ4v) is 4.79. The van der Waals surface area contributed by atoms with Crippen LogP contribution in [0.25, 0.3) is 0 Å². The number of amides is 2. The Bertz CT molecular complexity index is 888. The number of anilines is 1. The second-order valence-electron chi connectivity index (χ2n) is 8.10. The van der Waals surface area contributed by atoms with Crippen molar-refractivity contribution in [2.75, 3.05) is 5.32 Å². The monoisotopic (exact) mass is 403 g/mol. The Morgan fingerprint density at radius 3 is 2.86 bits per heavy atom. The van der Waals surface area contributed by atoms with Crippen LogP contribution in [0.15, 0.2) is 11.4 Å². The third-order valence-corrected chi connectivity index (χ3v) is 6.67.